The van der Waals surface area contributed by atoms with Crippen LogP contribution in [0.1, 0.15) is 57.4 Å². The zero-order valence-electron chi connectivity index (χ0n) is 13.6. The van der Waals surface area contributed by atoms with Crippen LogP contribution in [-0.4, -0.2) is 23.2 Å². The van der Waals surface area contributed by atoms with Gasteiger partial charge in [-0.25, -0.2) is 0 Å². The molecule has 3 heteroatoms. The molecule has 2 rings (SSSR count). The van der Waals surface area contributed by atoms with Crippen LogP contribution in [0.25, 0.3) is 0 Å². The van der Waals surface area contributed by atoms with Gasteiger partial charge >= 0.3 is 5.97 Å². The second-order valence-electron chi connectivity index (χ2n) is 6.62. The van der Waals surface area contributed by atoms with E-state index in [1.165, 1.54) is 37.7 Å². The number of hydrogen-bond acceptors (Lipinski definition) is 2. The van der Waals surface area contributed by atoms with Crippen molar-refractivity contribution in [3.05, 3.63) is 35.9 Å². The van der Waals surface area contributed by atoms with Crippen LogP contribution in [0.15, 0.2) is 30.3 Å². The molecule has 1 fully saturated rings. The van der Waals surface area contributed by atoms with Gasteiger partial charge in [-0.3, -0.25) is 4.79 Å². The monoisotopic (exact) mass is 303 g/mol. The first-order chi connectivity index (χ1) is 10.7. The number of rotatable bonds is 8. The minimum Gasteiger partial charge on any atom is -0.481 e. The highest BCUT2D eigenvalue weighted by Crippen LogP contribution is 2.27. The predicted molar refractivity (Wildman–Crippen MR) is 90.0 cm³/mol. The molecule has 1 aliphatic rings. The van der Waals surface area contributed by atoms with Gasteiger partial charge in [-0.2, -0.15) is 0 Å². The molecule has 0 aromatic heterocycles. The van der Waals surface area contributed by atoms with Crippen molar-refractivity contribution in [2.45, 2.75) is 70.4 Å². The Kier molecular flexibility index (Phi) is 6.91. The molecule has 0 radical (unpaired) electrons. The van der Waals surface area contributed by atoms with E-state index in [1.54, 1.807) is 0 Å². The number of carbonyl (C=O) groups is 1. The molecule has 0 saturated heterocycles. The van der Waals surface area contributed by atoms with Gasteiger partial charge in [-0.05, 0) is 37.2 Å². The summed E-state index contributed by atoms with van der Waals surface area (Å²) in [5.74, 6) is 0.137. The minimum atomic E-state index is -0.699. The van der Waals surface area contributed by atoms with Gasteiger partial charge in [0.15, 0.2) is 0 Å². The second-order valence-corrected chi connectivity index (χ2v) is 6.62. The standard InChI is InChI=1S/C19H29NO2/c1-2-15-9-6-10-17(13-15)20-18(11-12-19(21)22)14-16-7-4-3-5-8-16/h3-5,7-8,15,17-18,20H,2,6,9-14H2,1H3,(H,21,22). The first kappa shape index (κ1) is 17.0. The van der Waals surface area contributed by atoms with E-state index in [-0.39, 0.29) is 12.5 Å². The van der Waals surface area contributed by atoms with Gasteiger partial charge in [0, 0.05) is 18.5 Å². The van der Waals surface area contributed by atoms with E-state index < -0.39 is 5.97 Å². The van der Waals surface area contributed by atoms with Gasteiger partial charge in [0.05, 0.1) is 0 Å². The van der Waals surface area contributed by atoms with Crippen molar-refractivity contribution in [2.24, 2.45) is 5.92 Å². The fourth-order valence-electron chi connectivity index (χ4n) is 3.59. The summed E-state index contributed by atoms with van der Waals surface area (Å²) in [4.78, 5) is 10.9. The highest BCUT2D eigenvalue weighted by atomic mass is 16.4. The minimum absolute atomic E-state index is 0.244. The quantitative estimate of drug-likeness (QED) is 0.762. The molecular weight excluding hydrogens is 274 g/mol. The van der Waals surface area contributed by atoms with Crippen molar-refractivity contribution in [1.29, 1.82) is 0 Å². The van der Waals surface area contributed by atoms with E-state index in [4.69, 9.17) is 5.11 Å². The summed E-state index contributed by atoms with van der Waals surface area (Å²) in [7, 11) is 0. The van der Waals surface area contributed by atoms with E-state index in [0.717, 1.165) is 12.3 Å². The topological polar surface area (TPSA) is 49.3 Å². The fraction of sp³-hybridized carbons (Fsp3) is 0.632. The van der Waals surface area contributed by atoms with Crippen LogP contribution in [0.2, 0.25) is 0 Å². The summed E-state index contributed by atoms with van der Waals surface area (Å²) in [6, 6.07) is 11.2. The molecule has 1 saturated carbocycles. The van der Waals surface area contributed by atoms with Gasteiger partial charge in [-0.15, -0.1) is 0 Å². The second kappa shape index (κ2) is 8.94. The van der Waals surface area contributed by atoms with E-state index in [0.29, 0.717) is 12.5 Å². The van der Waals surface area contributed by atoms with Crippen LogP contribution in [0.3, 0.4) is 0 Å². The van der Waals surface area contributed by atoms with Crippen molar-refractivity contribution in [3.63, 3.8) is 0 Å². The summed E-state index contributed by atoms with van der Waals surface area (Å²) in [6.45, 7) is 2.28. The zero-order chi connectivity index (χ0) is 15.8. The van der Waals surface area contributed by atoms with Crippen LogP contribution >= 0.6 is 0 Å². The predicted octanol–water partition coefficient (Wildman–Crippen LogP) is 4.02. The Labute approximate surface area is 134 Å². The van der Waals surface area contributed by atoms with E-state index in [1.807, 2.05) is 6.07 Å². The molecule has 2 N–H and O–H groups in total. The molecule has 122 valence electrons. The van der Waals surface area contributed by atoms with Crippen molar-refractivity contribution in [2.75, 3.05) is 0 Å². The number of aliphatic carboxylic acids is 1. The summed E-state index contributed by atoms with van der Waals surface area (Å²) >= 11 is 0. The molecule has 0 heterocycles. The SMILES string of the molecule is CCC1CCCC(NC(CCC(=O)O)Cc2ccccc2)C1. The lowest BCUT2D eigenvalue weighted by atomic mass is 9.83. The Morgan fingerprint density at radius 1 is 1.32 bits per heavy atom. The van der Waals surface area contributed by atoms with Crippen molar-refractivity contribution in [3.8, 4) is 0 Å². The van der Waals surface area contributed by atoms with Crippen molar-refractivity contribution in [1.82, 2.24) is 5.32 Å². The summed E-state index contributed by atoms with van der Waals surface area (Å²) in [5.41, 5.74) is 1.29. The lowest BCUT2D eigenvalue weighted by molar-refractivity contribution is -0.137. The Hall–Kier alpha value is -1.35. The fourth-order valence-corrected chi connectivity index (χ4v) is 3.59. The van der Waals surface area contributed by atoms with E-state index in [2.05, 4.69) is 36.5 Å². The number of nitrogens with one attached hydrogen (secondary N) is 1. The number of benzene rings is 1. The van der Waals surface area contributed by atoms with Crippen molar-refractivity contribution >= 4 is 5.97 Å². The number of carboxylic acid groups (broad SMARTS) is 1. The molecule has 3 unspecified atom stereocenters. The third-order valence-electron chi connectivity index (χ3n) is 4.86. The van der Waals surface area contributed by atoms with Gasteiger partial charge in [0.1, 0.15) is 0 Å². The Morgan fingerprint density at radius 2 is 2.09 bits per heavy atom. The Morgan fingerprint density at radius 3 is 2.77 bits per heavy atom. The van der Waals surface area contributed by atoms with Crippen LogP contribution in [0, 0.1) is 5.92 Å². The Balaban J connectivity index is 1.92. The van der Waals surface area contributed by atoms with Crippen LogP contribution in [0.4, 0.5) is 0 Å². The molecule has 22 heavy (non-hydrogen) atoms. The third-order valence-corrected chi connectivity index (χ3v) is 4.86. The molecule has 3 atom stereocenters. The number of hydrogen-bond donors (Lipinski definition) is 2. The maximum atomic E-state index is 10.9. The van der Waals surface area contributed by atoms with Gasteiger partial charge in [-0.1, -0.05) is 56.5 Å². The lowest BCUT2D eigenvalue weighted by Crippen LogP contribution is -2.42. The highest BCUT2D eigenvalue weighted by molar-refractivity contribution is 5.66. The highest BCUT2D eigenvalue weighted by Gasteiger charge is 2.23. The average molecular weight is 303 g/mol. The summed E-state index contributed by atoms with van der Waals surface area (Å²) in [5, 5.41) is 12.7. The summed E-state index contributed by atoms with van der Waals surface area (Å²) < 4.78 is 0. The Bertz CT molecular complexity index is 446. The van der Waals surface area contributed by atoms with E-state index in [9.17, 15) is 4.79 Å². The van der Waals surface area contributed by atoms with Crippen LogP contribution in [-0.2, 0) is 11.2 Å². The molecule has 1 aromatic carbocycles. The number of carboxylic acids is 1. The molecule has 0 spiro atoms. The molecule has 0 aliphatic heterocycles. The normalized spacial score (nSPS) is 23.1. The molecular formula is C19H29NO2. The van der Waals surface area contributed by atoms with Gasteiger partial charge in [0.25, 0.3) is 0 Å². The molecule has 3 nitrogen and oxygen atoms in total. The van der Waals surface area contributed by atoms with Crippen molar-refractivity contribution < 1.29 is 9.90 Å². The average Bonchev–Trinajstić information content (AvgIpc) is 2.54. The molecule has 0 amide bonds. The molecule has 1 aromatic rings. The van der Waals surface area contributed by atoms with Gasteiger partial charge < -0.3 is 10.4 Å². The molecule has 1 aliphatic carbocycles. The molecule has 0 bridgehead atoms. The van der Waals surface area contributed by atoms with Gasteiger partial charge in [0.2, 0.25) is 0 Å². The van der Waals surface area contributed by atoms with E-state index >= 15 is 0 Å². The summed E-state index contributed by atoms with van der Waals surface area (Å²) in [6.07, 6.45) is 8.26. The lowest BCUT2D eigenvalue weighted by Gasteiger charge is -2.32. The zero-order valence-corrected chi connectivity index (χ0v) is 13.6. The smallest absolute Gasteiger partial charge is 0.303 e. The van der Waals surface area contributed by atoms with Crippen LogP contribution < -0.4 is 5.32 Å². The maximum absolute atomic E-state index is 10.9. The third kappa shape index (κ3) is 5.80. The first-order valence-electron chi connectivity index (χ1n) is 8.69. The maximum Gasteiger partial charge on any atom is 0.303 e. The van der Waals surface area contributed by atoms with Crippen LogP contribution in [0.5, 0.6) is 0 Å². The largest absolute Gasteiger partial charge is 0.481 e. The first-order valence-corrected chi connectivity index (χ1v) is 8.69.